The van der Waals surface area contributed by atoms with E-state index >= 15 is 0 Å². The molecule has 1 aliphatic rings. The summed E-state index contributed by atoms with van der Waals surface area (Å²) >= 11 is 1.54. The number of thiophene rings is 1. The number of aliphatic hydroxyl groups excluding tert-OH is 1. The topological polar surface area (TPSA) is 43.5 Å². The van der Waals surface area contributed by atoms with Crippen LogP contribution in [-0.4, -0.2) is 20.8 Å². The molecule has 0 spiro atoms. The molecule has 2 heterocycles. The maximum absolute atomic E-state index is 10.1. The summed E-state index contributed by atoms with van der Waals surface area (Å²) in [5.74, 6) is 0. The summed E-state index contributed by atoms with van der Waals surface area (Å²) in [5, 5.41) is 24.0. The van der Waals surface area contributed by atoms with Crippen molar-refractivity contribution in [3.8, 4) is 0 Å². The highest BCUT2D eigenvalue weighted by Gasteiger charge is 2.40. The van der Waals surface area contributed by atoms with Gasteiger partial charge in [-0.25, -0.2) is 0 Å². The van der Waals surface area contributed by atoms with Gasteiger partial charge in [0.2, 0.25) is 0 Å². The van der Waals surface area contributed by atoms with Crippen molar-refractivity contribution in [1.82, 2.24) is 0 Å². The summed E-state index contributed by atoms with van der Waals surface area (Å²) in [7, 11) is 0. The molecule has 1 aromatic heterocycles. The predicted octanol–water partition coefficient (Wildman–Crippen LogP) is 2.32. The number of hydrogen-bond donors (Lipinski definition) is 2. The Morgan fingerprint density at radius 3 is 2.69 bits per heavy atom. The minimum atomic E-state index is -0.754. The van der Waals surface area contributed by atoms with Crippen molar-refractivity contribution in [2.45, 2.75) is 6.10 Å². The van der Waals surface area contributed by atoms with E-state index in [4.69, 9.17) is 0 Å². The van der Waals surface area contributed by atoms with Gasteiger partial charge >= 0.3 is 0 Å². The summed E-state index contributed by atoms with van der Waals surface area (Å²) in [6.45, 7) is 0. The van der Waals surface area contributed by atoms with Gasteiger partial charge in [-0.15, -0.1) is 0 Å². The Morgan fingerprint density at radius 1 is 1.19 bits per heavy atom. The number of rotatable bonds is 1. The second-order valence-electron chi connectivity index (χ2n) is 3.67. The average molecular weight is 232 g/mol. The zero-order valence-corrected chi connectivity index (χ0v) is 9.19. The highest BCUT2D eigenvalue weighted by atomic mass is 32.1. The number of nitrogens with zero attached hydrogens (tertiary/aromatic N) is 1. The van der Waals surface area contributed by atoms with E-state index in [1.54, 1.807) is 6.07 Å². The number of para-hydroxylation sites is 1. The monoisotopic (exact) mass is 232 g/mol. The van der Waals surface area contributed by atoms with Crippen LogP contribution in [0.3, 0.4) is 0 Å². The molecule has 80 valence electrons. The Hall–Kier alpha value is -1.65. The predicted molar refractivity (Wildman–Crippen MR) is 61.5 cm³/mol. The molecule has 1 atom stereocenters. The normalized spacial score (nSPS) is 18.9. The van der Waals surface area contributed by atoms with Crippen LogP contribution in [0.5, 0.6) is 0 Å². The first-order chi connectivity index (χ1) is 7.79. The van der Waals surface area contributed by atoms with E-state index in [2.05, 4.69) is 0 Å². The van der Waals surface area contributed by atoms with Crippen LogP contribution in [0.15, 0.2) is 41.1 Å². The second kappa shape index (κ2) is 3.43. The van der Waals surface area contributed by atoms with Gasteiger partial charge in [-0.1, -0.05) is 12.1 Å². The van der Waals surface area contributed by atoms with Crippen LogP contribution in [0.4, 0.5) is 5.69 Å². The first-order valence-electron chi connectivity index (χ1n) is 4.94. The Balaban J connectivity index is 2.20. The van der Waals surface area contributed by atoms with Gasteiger partial charge in [0.05, 0.1) is 11.1 Å². The molecule has 0 aliphatic carbocycles. The number of fused-ring (bicyclic) bond motifs is 1. The highest BCUT2D eigenvalue weighted by molar-refractivity contribution is 7.08. The van der Waals surface area contributed by atoms with Gasteiger partial charge in [0.15, 0.2) is 6.10 Å². The zero-order chi connectivity index (χ0) is 11.1. The summed E-state index contributed by atoms with van der Waals surface area (Å²) in [5.41, 5.74) is 2.78. The van der Waals surface area contributed by atoms with Crippen molar-refractivity contribution in [2.24, 2.45) is 0 Å². The van der Waals surface area contributed by atoms with E-state index in [1.807, 2.05) is 35.0 Å². The first-order valence-corrected chi connectivity index (χ1v) is 5.89. The van der Waals surface area contributed by atoms with E-state index in [9.17, 15) is 10.3 Å². The average Bonchev–Trinajstić information content (AvgIpc) is 2.89. The molecule has 0 fully saturated rings. The van der Waals surface area contributed by atoms with Crippen LogP contribution in [0.2, 0.25) is 0 Å². The molecule has 0 bridgehead atoms. The van der Waals surface area contributed by atoms with Crippen molar-refractivity contribution < 1.29 is 15.1 Å². The minimum absolute atomic E-state index is 0.530. The maximum Gasteiger partial charge on any atom is 0.275 e. The molecular formula is C12H10NO2S+. The quantitative estimate of drug-likeness (QED) is 0.585. The molecule has 3 nitrogen and oxygen atoms in total. The third kappa shape index (κ3) is 1.20. The van der Waals surface area contributed by atoms with Crippen LogP contribution in [0, 0.1) is 0 Å². The molecule has 1 aromatic carbocycles. The molecule has 1 unspecified atom stereocenters. The van der Waals surface area contributed by atoms with E-state index in [0.717, 1.165) is 15.9 Å². The standard InChI is InChI=1S/C12H10NO2S/c14-12-9-3-1-2-4-10(9)13(15)11(12)8-5-6-16-7-8/h1-7,12,14-15H/q+1. The summed E-state index contributed by atoms with van der Waals surface area (Å²) in [4.78, 5) is 0. The molecule has 3 rings (SSSR count). The van der Waals surface area contributed by atoms with Gasteiger partial charge in [-0.3, -0.25) is 5.21 Å². The molecule has 16 heavy (non-hydrogen) atoms. The van der Waals surface area contributed by atoms with Crippen LogP contribution in [0.1, 0.15) is 17.2 Å². The Kier molecular flexibility index (Phi) is 2.05. The van der Waals surface area contributed by atoms with Crippen molar-refractivity contribution in [1.29, 1.82) is 0 Å². The Bertz CT molecular complexity index is 560. The number of hydrogen-bond acceptors (Lipinski definition) is 3. The van der Waals surface area contributed by atoms with Crippen LogP contribution >= 0.6 is 11.3 Å². The third-order valence-corrected chi connectivity index (χ3v) is 3.45. The smallest absolute Gasteiger partial charge is 0.275 e. The molecule has 2 N–H and O–H groups in total. The third-order valence-electron chi connectivity index (χ3n) is 2.76. The fourth-order valence-electron chi connectivity index (χ4n) is 1.99. The fraction of sp³-hybridized carbons (Fsp3) is 0.0833. The van der Waals surface area contributed by atoms with Crippen molar-refractivity contribution >= 4 is 22.7 Å². The minimum Gasteiger partial charge on any atom is -0.377 e. The summed E-state index contributed by atoms with van der Waals surface area (Å²) in [6.07, 6.45) is -0.754. The Morgan fingerprint density at radius 2 is 2.00 bits per heavy atom. The maximum atomic E-state index is 10.1. The van der Waals surface area contributed by atoms with Crippen molar-refractivity contribution in [3.63, 3.8) is 0 Å². The molecular weight excluding hydrogens is 222 g/mol. The highest BCUT2D eigenvalue weighted by Crippen LogP contribution is 2.34. The number of aliphatic hydroxyl groups is 1. The molecule has 0 saturated heterocycles. The van der Waals surface area contributed by atoms with Crippen molar-refractivity contribution in [3.05, 3.63) is 52.2 Å². The Labute approximate surface area is 96.5 Å². The number of benzene rings is 1. The van der Waals surface area contributed by atoms with Gasteiger partial charge in [0.25, 0.3) is 11.4 Å². The van der Waals surface area contributed by atoms with E-state index in [0.29, 0.717) is 11.4 Å². The SMILES string of the molecule is OC1C(c2ccsc2)=[N+](O)c2ccccc21. The van der Waals surface area contributed by atoms with E-state index in [-0.39, 0.29) is 0 Å². The lowest BCUT2D eigenvalue weighted by molar-refractivity contribution is -0.711. The van der Waals surface area contributed by atoms with E-state index in [1.165, 1.54) is 11.3 Å². The molecule has 0 amide bonds. The van der Waals surface area contributed by atoms with Crippen molar-refractivity contribution in [2.75, 3.05) is 0 Å². The lowest BCUT2D eigenvalue weighted by Gasteiger charge is -1.98. The summed E-state index contributed by atoms with van der Waals surface area (Å²) < 4.78 is 1.07. The second-order valence-corrected chi connectivity index (χ2v) is 4.45. The molecule has 0 saturated carbocycles. The van der Waals surface area contributed by atoms with Gasteiger partial charge in [0.1, 0.15) is 0 Å². The fourth-order valence-corrected chi connectivity index (χ4v) is 2.64. The van der Waals surface area contributed by atoms with Gasteiger partial charge in [-0.05, 0) is 17.5 Å². The lowest BCUT2D eigenvalue weighted by Crippen LogP contribution is -2.15. The van der Waals surface area contributed by atoms with Gasteiger partial charge in [0, 0.05) is 16.2 Å². The van der Waals surface area contributed by atoms with Gasteiger partial charge in [-0.2, -0.15) is 11.3 Å². The van der Waals surface area contributed by atoms with Crippen LogP contribution in [-0.2, 0) is 0 Å². The molecule has 1 aliphatic heterocycles. The molecule has 2 aromatic rings. The largest absolute Gasteiger partial charge is 0.377 e. The van der Waals surface area contributed by atoms with Crippen LogP contribution in [0.25, 0.3) is 0 Å². The van der Waals surface area contributed by atoms with Gasteiger partial charge < -0.3 is 5.11 Å². The first kappa shape index (κ1) is 9.57. The zero-order valence-electron chi connectivity index (χ0n) is 8.37. The van der Waals surface area contributed by atoms with E-state index < -0.39 is 6.10 Å². The molecule has 4 heteroatoms. The molecule has 0 radical (unpaired) electrons. The lowest BCUT2D eigenvalue weighted by atomic mass is 10.0. The summed E-state index contributed by atoms with van der Waals surface area (Å²) in [6, 6.07) is 9.19. The van der Waals surface area contributed by atoms with Crippen LogP contribution < -0.4 is 0 Å².